The summed E-state index contributed by atoms with van der Waals surface area (Å²) in [6.07, 6.45) is -4.17. The zero-order valence-electron chi connectivity index (χ0n) is 10.7. The average molecular weight is 268 g/mol. The summed E-state index contributed by atoms with van der Waals surface area (Å²) in [5.74, 6) is -0.161. The minimum Gasteiger partial charge on any atom is -0.372 e. The van der Waals surface area contributed by atoms with Gasteiger partial charge in [-0.05, 0) is 13.3 Å². The van der Waals surface area contributed by atoms with Crippen molar-refractivity contribution in [3.8, 4) is 0 Å². The molecule has 1 aliphatic rings. The zero-order valence-corrected chi connectivity index (χ0v) is 10.7. The molecule has 0 N–H and O–H groups in total. The summed E-state index contributed by atoms with van der Waals surface area (Å²) in [5.41, 5.74) is 0. The van der Waals surface area contributed by atoms with Crippen LogP contribution in [0.5, 0.6) is 0 Å². The predicted octanol–water partition coefficient (Wildman–Crippen LogP) is 1.12. The molecule has 1 aliphatic heterocycles. The van der Waals surface area contributed by atoms with Gasteiger partial charge in [0.05, 0.1) is 6.54 Å². The zero-order chi connectivity index (χ0) is 13.8. The molecule has 0 aromatic rings. The summed E-state index contributed by atoms with van der Waals surface area (Å²) in [7, 11) is 1.44. The molecule has 1 fully saturated rings. The third-order valence-corrected chi connectivity index (χ3v) is 3.00. The molecule has 0 aromatic heterocycles. The summed E-state index contributed by atoms with van der Waals surface area (Å²) in [6, 6.07) is 0. The number of methoxy groups -OCH3 is 1. The van der Waals surface area contributed by atoms with E-state index >= 15 is 0 Å². The summed E-state index contributed by atoms with van der Waals surface area (Å²) >= 11 is 0. The molecule has 0 aliphatic carbocycles. The minimum absolute atomic E-state index is 0.161. The van der Waals surface area contributed by atoms with Gasteiger partial charge in [-0.25, -0.2) is 0 Å². The van der Waals surface area contributed by atoms with E-state index in [1.54, 1.807) is 11.8 Å². The van der Waals surface area contributed by atoms with Crippen molar-refractivity contribution in [3.63, 3.8) is 0 Å². The Hall–Kier alpha value is -0.820. The molecule has 1 atom stereocenters. The molecule has 0 aromatic carbocycles. The topological polar surface area (TPSA) is 32.8 Å². The number of carbonyl (C=O) groups excluding carboxylic acids is 1. The van der Waals surface area contributed by atoms with Crippen LogP contribution in [0, 0.1) is 0 Å². The second kappa shape index (κ2) is 6.38. The largest absolute Gasteiger partial charge is 0.401 e. The quantitative estimate of drug-likeness (QED) is 0.769. The lowest BCUT2D eigenvalue weighted by molar-refractivity contribution is -0.146. The van der Waals surface area contributed by atoms with E-state index in [1.807, 2.05) is 0 Å². The van der Waals surface area contributed by atoms with Crippen LogP contribution in [0.3, 0.4) is 0 Å². The lowest BCUT2D eigenvalue weighted by Gasteiger charge is -2.24. The molecule has 1 rings (SSSR count). The van der Waals surface area contributed by atoms with E-state index in [-0.39, 0.29) is 12.5 Å². The van der Waals surface area contributed by atoms with Crippen molar-refractivity contribution >= 4 is 5.91 Å². The van der Waals surface area contributed by atoms with Gasteiger partial charge in [-0.2, -0.15) is 13.2 Å². The molecule has 1 heterocycles. The lowest BCUT2D eigenvalue weighted by atomic mass is 10.3. The Bertz CT molecular complexity index is 284. The fourth-order valence-electron chi connectivity index (χ4n) is 1.96. The first-order valence-electron chi connectivity index (χ1n) is 5.94. The maximum Gasteiger partial charge on any atom is 0.401 e. The number of alkyl halides is 3. The SMILES string of the molecule is CO[C@@H](C)C(=O)N1CCCN(CC(F)(F)F)CC1. The van der Waals surface area contributed by atoms with Crippen molar-refractivity contribution in [2.75, 3.05) is 39.8 Å². The van der Waals surface area contributed by atoms with Crippen molar-refractivity contribution in [2.45, 2.75) is 25.6 Å². The summed E-state index contributed by atoms with van der Waals surface area (Å²) in [6.45, 7) is 2.16. The van der Waals surface area contributed by atoms with Crippen LogP contribution < -0.4 is 0 Å². The van der Waals surface area contributed by atoms with E-state index in [4.69, 9.17) is 4.74 Å². The van der Waals surface area contributed by atoms with Crippen molar-refractivity contribution < 1.29 is 22.7 Å². The Morgan fingerprint density at radius 1 is 1.28 bits per heavy atom. The number of rotatable bonds is 3. The van der Waals surface area contributed by atoms with Crippen LogP contribution in [0.15, 0.2) is 0 Å². The first kappa shape index (κ1) is 15.2. The van der Waals surface area contributed by atoms with Crippen LogP contribution in [0.25, 0.3) is 0 Å². The average Bonchev–Trinajstić information content (AvgIpc) is 2.50. The van der Waals surface area contributed by atoms with E-state index in [1.165, 1.54) is 12.0 Å². The Labute approximate surface area is 105 Å². The molecule has 1 amide bonds. The fraction of sp³-hybridized carbons (Fsp3) is 0.909. The van der Waals surface area contributed by atoms with Gasteiger partial charge in [-0.3, -0.25) is 9.69 Å². The van der Waals surface area contributed by atoms with Crippen molar-refractivity contribution in [3.05, 3.63) is 0 Å². The van der Waals surface area contributed by atoms with E-state index in [0.717, 1.165) is 0 Å². The molecule has 18 heavy (non-hydrogen) atoms. The van der Waals surface area contributed by atoms with Crippen LogP contribution >= 0.6 is 0 Å². The molecule has 0 bridgehead atoms. The third-order valence-electron chi connectivity index (χ3n) is 3.00. The number of halogens is 3. The van der Waals surface area contributed by atoms with Gasteiger partial charge < -0.3 is 9.64 Å². The maximum absolute atomic E-state index is 12.3. The molecule has 0 radical (unpaired) electrons. The Morgan fingerprint density at radius 3 is 2.50 bits per heavy atom. The molecule has 106 valence electrons. The number of nitrogens with zero attached hydrogens (tertiary/aromatic N) is 2. The first-order chi connectivity index (χ1) is 8.33. The number of hydrogen-bond donors (Lipinski definition) is 0. The van der Waals surface area contributed by atoms with Gasteiger partial charge in [0.2, 0.25) is 0 Å². The molecular formula is C11H19F3N2O2. The second-order valence-electron chi connectivity index (χ2n) is 4.45. The van der Waals surface area contributed by atoms with Gasteiger partial charge in [0.1, 0.15) is 6.10 Å². The van der Waals surface area contributed by atoms with Crippen LogP contribution in [-0.4, -0.2) is 67.8 Å². The van der Waals surface area contributed by atoms with Crippen LogP contribution in [-0.2, 0) is 9.53 Å². The van der Waals surface area contributed by atoms with Gasteiger partial charge in [0.25, 0.3) is 5.91 Å². The molecule has 0 saturated carbocycles. The molecule has 1 saturated heterocycles. The van der Waals surface area contributed by atoms with Gasteiger partial charge in [-0.15, -0.1) is 0 Å². The Kier molecular flexibility index (Phi) is 5.40. The van der Waals surface area contributed by atoms with Crippen LogP contribution in [0.1, 0.15) is 13.3 Å². The molecule has 0 unspecified atom stereocenters. The van der Waals surface area contributed by atoms with Crippen molar-refractivity contribution in [2.24, 2.45) is 0 Å². The van der Waals surface area contributed by atoms with Crippen LogP contribution in [0.2, 0.25) is 0 Å². The summed E-state index contributed by atoms with van der Waals surface area (Å²) < 4.78 is 41.7. The fourth-order valence-corrected chi connectivity index (χ4v) is 1.96. The molecule has 7 heteroatoms. The van der Waals surface area contributed by atoms with Gasteiger partial charge in [-0.1, -0.05) is 0 Å². The van der Waals surface area contributed by atoms with E-state index in [0.29, 0.717) is 26.1 Å². The van der Waals surface area contributed by atoms with E-state index in [9.17, 15) is 18.0 Å². The number of hydrogen-bond acceptors (Lipinski definition) is 3. The van der Waals surface area contributed by atoms with Crippen molar-refractivity contribution in [1.82, 2.24) is 9.80 Å². The normalized spacial score (nSPS) is 20.6. The highest BCUT2D eigenvalue weighted by molar-refractivity contribution is 5.80. The summed E-state index contributed by atoms with van der Waals surface area (Å²) in [5, 5.41) is 0. The minimum atomic E-state index is -4.18. The van der Waals surface area contributed by atoms with Crippen LogP contribution in [0.4, 0.5) is 13.2 Å². The Balaban J connectivity index is 2.48. The predicted molar refractivity (Wildman–Crippen MR) is 60.2 cm³/mol. The number of carbonyl (C=O) groups is 1. The highest BCUT2D eigenvalue weighted by Crippen LogP contribution is 2.17. The Morgan fingerprint density at radius 2 is 1.94 bits per heavy atom. The first-order valence-corrected chi connectivity index (χ1v) is 5.94. The maximum atomic E-state index is 12.3. The highest BCUT2D eigenvalue weighted by Gasteiger charge is 2.32. The van der Waals surface area contributed by atoms with Gasteiger partial charge in [0, 0.05) is 33.3 Å². The van der Waals surface area contributed by atoms with Crippen molar-refractivity contribution in [1.29, 1.82) is 0 Å². The highest BCUT2D eigenvalue weighted by atomic mass is 19.4. The lowest BCUT2D eigenvalue weighted by Crippen LogP contribution is -2.42. The molecule has 0 spiro atoms. The standard InChI is InChI=1S/C11H19F3N2O2/c1-9(18-2)10(17)16-5-3-4-15(6-7-16)8-11(12,13)14/h9H,3-8H2,1-2H3/t9-/m0/s1. The molecule has 4 nitrogen and oxygen atoms in total. The number of ether oxygens (including phenoxy) is 1. The second-order valence-corrected chi connectivity index (χ2v) is 4.45. The van der Waals surface area contributed by atoms with E-state index in [2.05, 4.69) is 0 Å². The number of amides is 1. The summed E-state index contributed by atoms with van der Waals surface area (Å²) in [4.78, 5) is 14.7. The molecular weight excluding hydrogens is 249 g/mol. The van der Waals surface area contributed by atoms with Gasteiger partial charge in [0.15, 0.2) is 0 Å². The smallest absolute Gasteiger partial charge is 0.372 e. The monoisotopic (exact) mass is 268 g/mol. The van der Waals surface area contributed by atoms with Gasteiger partial charge >= 0.3 is 6.18 Å². The third kappa shape index (κ3) is 4.81. The van der Waals surface area contributed by atoms with E-state index < -0.39 is 18.8 Å².